The van der Waals surface area contributed by atoms with Gasteiger partial charge in [-0.2, -0.15) is 0 Å². The molecule has 0 fully saturated rings. The Labute approximate surface area is 118 Å². The fourth-order valence-electron chi connectivity index (χ4n) is 2.78. The fraction of sp³-hybridized carbons (Fsp3) is 0.438. The number of imidazole rings is 1. The molecule has 20 heavy (non-hydrogen) atoms. The number of benzene rings is 1. The molecule has 1 N–H and O–H groups in total. The number of hydrogen-bond donors (Lipinski definition) is 1. The zero-order valence-corrected chi connectivity index (χ0v) is 12.0. The second-order valence-corrected chi connectivity index (χ2v) is 5.37. The molecule has 0 bridgehead atoms. The molecular formula is C16H20FN3. The summed E-state index contributed by atoms with van der Waals surface area (Å²) in [6.07, 6.45) is 2.90. The van der Waals surface area contributed by atoms with Gasteiger partial charge in [0.1, 0.15) is 11.6 Å². The minimum Gasteiger partial charge on any atom is -0.311 e. The van der Waals surface area contributed by atoms with Crippen molar-refractivity contribution < 1.29 is 4.39 Å². The van der Waals surface area contributed by atoms with E-state index >= 15 is 0 Å². The van der Waals surface area contributed by atoms with Crippen molar-refractivity contribution in [1.29, 1.82) is 0 Å². The van der Waals surface area contributed by atoms with Gasteiger partial charge in [0.15, 0.2) is 0 Å². The van der Waals surface area contributed by atoms with Crippen LogP contribution in [0, 0.1) is 12.7 Å². The highest BCUT2D eigenvalue weighted by atomic mass is 19.1. The largest absolute Gasteiger partial charge is 0.311 e. The number of halogens is 1. The first-order chi connectivity index (χ1) is 9.70. The van der Waals surface area contributed by atoms with E-state index in [0.29, 0.717) is 5.56 Å². The van der Waals surface area contributed by atoms with Gasteiger partial charge in [-0.15, -0.1) is 0 Å². The molecule has 1 aliphatic rings. The van der Waals surface area contributed by atoms with Crippen LogP contribution in [0.2, 0.25) is 0 Å². The van der Waals surface area contributed by atoms with Crippen molar-refractivity contribution in [3.05, 3.63) is 46.8 Å². The molecule has 0 unspecified atom stereocenters. The highest BCUT2D eigenvalue weighted by molar-refractivity contribution is 5.40. The molecule has 1 aromatic heterocycles. The van der Waals surface area contributed by atoms with E-state index in [1.54, 1.807) is 13.0 Å². The summed E-state index contributed by atoms with van der Waals surface area (Å²) in [5.74, 6) is 0.894. The SMILES string of the molecule is CCCc1nc2c(n1-c1ccc(C)c(F)c1)CCNC2. The van der Waals surface area contributed by atoms with E-state index in [0.717, 1.165) is 49.6 Å². The Morgan fingerprint density at radius 1 is 1.40 bits per heavy atom. The Balaban J connectivity index is 2.14. The van der Waals surface area contributed by atoms with Gasteiger partial charge in [0.25, 0.3) is 0 Å². The van der Waals surface area contributed by atoms with Crippen LogP contribution < -0.4 is 5.32 Å². The van der Waals surface area contributed by atoms with Crippen LogP contribution in [-0.2, 0) is 19.4 Å². The zero-order chi connectivity index (χ0) is 14.1. The van der Waals surface area contributed by atoms with Crippen LogP contribution in [0.1, 0.15) is 36.1 Å². The lowest BCUT2D eigenvalue weighted by Crippen LogP contribution is -2.24. The van der Waals surface area contributed by atoms with E-state index in [9.17, 15) is 4.39 Å². The Morgan fingerprint density at radius 2 is 2.25 bits per heavy atom. The second kappa shape index (κ2) is 5.37. The second-order valence-electron chi connectivity index (χ2n) is 5.37. The van der Waals surface area contributed by atoms with Gasteiger partial charge in [-0.05, 0) is 31.0 Å². The summed E-state index contributed by atoms with van der Waals surface area (Å²) >= 11 is 0. The van der Waals surface area contributed by atoms with Gasteiger partial charge in [0.2, 0.25) is 0 Å². The summed E-state index contributed by atoms with van der Waals surface area (Å²) in [6, 6.07) is 5.45. The maximum atomic E-state index is 13.9. The van der Waals surface area contributed by atoms with Crippen LogP contribution in [0.25, 0.3) is 5.69 Å². The van der Waals surface area contributed by atoms with Gasteiger partial charge >= 0.3 is 0 Å². The Hall–Kier alpha value is -1.68. The molecule has 0 radical (unpaired) electrons. The molecular weight excluding hydrogens is 253 g/mol. The molecule has 1 aromatic carbocycles. The number of nitrogens with zero attached hydrogens (tertiary/aromatic N) is 2. The Bertz CT molecular complexity index is 631. The first kappa shape index (κ1) is 13.3. The summed E-state index contributed by atoms with van der Waals surface area (Å²) in [5.41, 5.74) is 3.92. The molecule has 2 heterocycles. The first-order valence-corrected chi connectivity index (χ1v) is 7.27. The van der Waals surface area contributed by atoms with E-state index in [1.165, 1.54) is 5.69 Å². The summed E-state index contributed by atoms with van der Waals surface area (Å²) in [4.78, 5) is 4.75. The van der Waals surface area contributed by atoms with Gasteiger partial charge in [0, 0.05) is 37.3 Å². The maximum Gasteiger partial charge on any atom is 0.128 e. The monoisotopic (exact) mass is 273 g/mol. The Morgan fingerprint density at radius 3 is 3.00 bits per heavy atom. The van der Waals surface area contributed by atoms with Crippen molar-refractivity contribution in [1.82, 2.24) is 14.9 Å². The third-order valence-corrected chi connectivity index (χ3v) is 3.84. The number of hydrogen-bond acceptors (Lipinski definition) is 2. The number of aryl methyl sites for hydroxylation is 2. The molecule has 0 atom stereocenters. The topological polar surface area (TPSA) is 29.9 Å². The van der Waals surface area contributed by atoms with Crippen LogP contribution in [0.5, 0.6) is 0 Å². The molecule has 4 heteroatoms. The normalized spacial score (nSPS) is 14.3. The highest BCUT2D eigenvalue weighted by Gasteiger charge is 2.20. The molecule has 3 rings (SSSR count). The molecule has 2 aromatic rings. The average molecular weight is 273 g/mol. The van der Waals surface area contributed by atoms with Crippen molar-refractivity contribution in [3.63, 3.8) is 0 Å². The van der Waals surface area contributed by atoms with Crippen molar-refractivity contribution in [2.75, 3.05) is 6.54 Å². The van der Waals surface area contributed by atoms with E-state index in [4.69, 9.17) is 4.98 Å². The van der Waals surface area contributed by atoms with Crippen molar-refractivity contribution in [2.24, 2.45) is 0 Å². The predicted octanol–water partition coefficient (Wildman–Crippen LogP) is 2.92. The summed E-state index contributed by atoms with van der Waals surface area (Å²) in [5, 5.41) is 3.35. The lowest BCUT2D eigenvalue weighted by atomic mass is 10.1. The standard InChI is InChI=1S/C16H20FN3/c1-3-4-16-19-14-10-18-8-7-15(14)20(16)12-6-5-11(2)13(17)9-12/h5-6,9,18H,3-4,7-8,10H2,1-2H3. The summed E-state index contributed by atoms with van der Waals surface area (Å²) in [7, 11) is 0. The lowest BCUT2D eigenvalue weighted by molar-refractivity contribution is 0.610. The maximum absolute atomic E-state index is 13.9. The van der Waals surface area contributed by atoms with Crippen LogP contribution in [0.4, 0.5) is 4.39 Å². The summed E-state index contributed by atoms with van der Waals surface area (Å²) < 4.78 is 16.0. The van der Waals surface area contributed by atoms with Gasteiger partial charge in [0.05, 0.1) is 5.69 Å². The first-order valence-electron chi connectivity index (χ1n) is 7.27. The van der Waals surface area contributed by atoms with Gasteiger partial charge < -0.3 is 9.88 Å². The van der Waals surface area contributed by atoms with E-state index in [-0.39, 0.29) is 5.82 Å². The third-order valence-electron chi connectivity index (χ3n) is 3.84. The van der Waals surface area contributed by atoms with Crippen LogP contribution >= 0.6 is 0 Å². The molecule has 0 amide bonds. The number of rotatable bonds is 3. The van der Waals surface area contributed by atoms with E-state index in [2.05, 4.69) is 16.8 Å². The fourth-order valence-corrected chi connectivity index (χ4v) is 2.78. The summed E-state index contributed by atoms with van der Waals surface area (Å²) in [6.45, 7) is 5.71. The quantitative estimate of drug-likeness (QED) is 0.932. The van der Waals surface area contributed by atoms with Crippen molar-refractivity contribution >= 4 is 0 Å². The minimum atomic E-state index is -0.152. The van der Waals surface area contributed by atoms with Gasteiger partial charge in [-0.1, -0.05) is 13.0 Å². The molecule has 0 saturated heterocycles. The highest BCUT2D eigenvalue weighted by Crippen LogP contribution is 2.23. The predicted molar refractivity (Wildman–Crippen MR) is 77.7 cm³/mol. The Kier molecular flexibility index (Phi) is 3.57. The van der Waals surface area contributed by atoms with Crippen LogP contribution in [-0.4, -0.2) is 16.1 Å². The van der Waals surface area contributed by atoms with Crippen molar-refractivity contribution in [3.8, 4) is 5.69 Å². The molecule has 0 aliphatic carbocycles. The molecule has 0 spiro atoms. The molecule has 1 aliphatic heterocycles. The minimum absolute atomic E-state index is 0.152. The van der Waals surface area contributed by atoms with Crippen LogP contribution in [0.3, 0.4) is 0 Å². The van der Waals surface area contributed by atoms with Crippen molar-refractivity contribution in [2.45, 2.75) is 39.7 Å². The van der Waals surface area contributed by atoms with Crippen LogP contribution in [0.15, 0.2) is 18.2 Å². The van der Waals surface area contributed by atoms with E-state index in [1.807, 2.05) is 12.1 Å². The molecule has 0 saturated carbocycles. The van der Waals surface area contributed by atoms with Gasteiger partial charge in [-0.3, -0.25) is 0 Å². The number of fused-ring (bicyclic) bond motifs is 1. The van der Waals surface area contributed by atoms with E-state index < -0.39 is 0 Å². The smallest absolute Gasteiger partial charge is 0.128 e. The lowest BCUT2D eigenvalue weighted by Gasteiger charge is -2.16. The average Bonchev–Trinajstić information content (AvgIpc) is 2.80. The zero-order valence-electron chi connectivity index (χ0n) is 12.0. The third kappa shape index (κ3) is 2.24. The number of aromatic nitrogens is 2. The molecule has 106 valence electrons. The molecule has 3 nitrogen and oxygen atoms in total. The number of nitrogens with one attached hydrogen (secondary N) is 1. The van der Waals surface area contributed by atoms with Gasteiger partial charge in [-0.25, -0.2) is 9.37 Å².